The number of methoxy groups -OCH3 is 1. The van der Waals surface area contributed by atoms with E-state index in [1.807, 2.05) is 13.0 Å². The second-order valence-electron chi connectivity index (χ2n) is 6.92. The Morgan fingerprint density at radius 2 is 1.92 bits per heavy atom. The summed E-state index contributed by atoms with van der Waals surface area (Å²) in [5, 5.41) is 0. The number of piperidine rings is 1. The van der Waals surface area contributed by atoms with E-state index in [2.05, 4.69) is 42.2 Å². The summed E-state index contributed by atoms with van der Waals surface area (Å²) in [6, 6.07) is 10.4. The first kappa shape index (κ1) is 19.7. The van der Waals surface area contributed by atoms with Crippen LogP contribution in [0.1, 0.15) is 38.7 Å². The number of likely N-dealkylation sites (tertiary alicyclic amines) is 1. The van der Waals surface area contributed by atoms with Gasteiger partial charge in [0.1, 0.15) is 0 Å². The number of esters is 1. The van der Waals surface area contributed by atoms with Crippen molar-refractivity contribution in [3.05, 3.63) is 41.5 Å². The highest BCUT2D eigenvalue weighted by molar-refractivity contribution is 5.77. The zero-order valence-corrected chi connectivity index (χ0v) is 15.8. The van der Waals surface area contributed by atoms with Gasteiger partial charge in [-0.25, -0.2) is 0 Å². The van der Waals surface area contributed by atoms with Gasteiger partial charge in [0.05, 0.1) is 12.0 Å². The van der Waals surface area contributed by atoms with Gasteiger partial charge in [0.15, 0.2) is 0 Å². The van der Waals surface area contributed by atoms with E-state index in [1.54, 1.807) is 7.11 Å². The van der Waals surface area contributed by atoms with E-state index in [1.165, 1.54) is 11.1 Å². The molecule has 0 amide bonds. The largest absolute Gasteiger partial charge is 0.466 e. The number of hydrogen-bond acceptors (Lipinski definition) is 4. The Bertz CT molecular complexity index is 560. The van der Waals surface area contributed by atoms with Crippen LogP contribution < -0.4 is 0 Å². The Morgan fingerprint density at radius 3 is 2.52 bits per heavy atom. The number of benzene rings is 1. The number of hydrogen-bond donors (Lipinski definition) is 0. The second kappa shape index (κ2) is 9.73. The van der Waals surface area contributed by atoms with Crippen LogP contribution in [0.3, 0.4) is 0 Å². The van der Waals surface area contributed by atoms with Crippen molar-refractivity contribution in [3.8, 4) is 0 Å². The highest BCUT2D eigenvalue weighted by atomic mass is 16.5. The second-order valence-corrected chi connectivity index (χ2v) is 6.92. The Balaban J connectivity index is 1.94. The van der Waals surface area contributed by atoms with Crippen molar-refractivity contribution in [3.63, 3.8) is 0 Å². The molecular formula is C21H31NO3. The smallest absolute Gasteiger partial charge is 0.312 e. The van der Waals surface area contributed by atoms with Crippen LogP contribution in [0.5, 0.6) is 0 Å². The first-order valence-corrected chi connectivity index (χ1v) is 9.20. The van der Waals surface area contributed by atoms with Crippen molar-refractivity contribution in [1.29, 1.82) is 0 Å². The fourth-order valence-electron chi connectivity index (χ4n) is 3.51. The van der Waals surface area contributed by atoms with Crippen molar-refractivity contribution >= 4 is 12.0 Å². The monoisotopic (exact) mass is 345 g/mol. The van der Waals surface area contributed by atoms with Crippen LogP contribution in [-0.4, -0.2) is 50.8 Å². The highest BCUT2D eigenvalue weighted by Gasteiger charge is 2.42. The summed E-state index contributed by atoms with van der Waals surface area (Å²) < 4.78 is 10.6. The van der Waals surface area contributed by atoms with Crippen LogP contribution in [0.15, 0.2) is 35.9 Å². The lowest BCUT2D eigenvalue weighted by Gasteiger charge is -2.40. The molecule has 4 nitrogen and oxygen atoms in total. The van der Waals surface area contributed by atoms with Crippen LogP contribution in [0.25, 0.3) is 6.08 Å². The third kappa shape index (κ3) is 5.68. The molecule has 0 N–H and O–H groups in total. The standard InChI is InChI=1S/C21H31NO3/c1-4-25-20(23)21(12-15-24-3)10-13-22(14-11-21)17-18(2)16-19-8-6-5-7-9-19/h5-9,16H,4,10-15,17H2,1-3H3/b18-16+. The maximum atomic E-state index is 12.5. The molecule has 1 aromatic rings. The zero-order chi connectivity index (χ0) is 18.1. The minimum Gasteiger partial charge on any atom is -0.466 e. The fraction of sp³-hybridized carbons (Fsp3) is 0.571. The van der Waals surface area contributed by atoms with Crippen molar-refractivity contribution in [2.24, 2.45) is 5.41 Å². The third-order valence-electron chi connectivity index (χ3n) is 4.99. The van der Waals surface area contributed by atoms with Gasteiger partial charge in [-0.1, -0.05) is 42.0 Å². The summed E-state index contributed by atoms with van der Waals surface area (Å²) >= 11 is 0. The van der Waals surface area contributed by atoms with Crippen LogP contribution in [0, 0.1) is 5.41 Å². The van der Waals surface area contributed by atoms with Gasteiger partial charge >= 0.3 is 5.97 Å². The molecule has 0 spiro atoms. The molecule has 1 fully saturated rings. The molecule has 1 aromatic carbocycles. The number of nitrogens with zero attached hydrogens (tertiary/aromatic N) is 1. The molecule has 1 aliphatic rings. The minimum atomic E-state index is -0.375. The molecule has 0 aromatic heterocycles. The maximum Gasteiger partial charge on any atom is 0.312 e. The van der Waals surface area contributed by atoms with E-state index >= 15 is 0 Å². The Kier molecular flexibility index (Phi) is 7.66. The van der Waals surface area contributed by atoms with E-state index in [0.29, 0.717) is 13.2 Å². The molecule has 0 saturated carbocycles. The topological polar surface area (TPSA) is 38.8 Å². The average Bonchev–Trinajstić information content (AvgIpc) is 2.62. The fourth-order valence-corrected chi connectivity index (χ4v) is 3.51. The van der Waals surface area contributed by atoms with Crippen LogP contribution >= 0.6 is 0 Å². The molecule has 0 atom stereocenters. The van der Waals surface area contributed by atoms with Gasteiger partial charge < -0.3 is 9.47 Å². The molecule has 0 unspecified atom stereocenters. The Morgan fingerprint density at radius 1 is 1.24 bits per heavy atom. The van der Waals surface area contributed by atoms with Gasteiger partial charge in [0.2, 0.25) is 0 Å². The average molecular weight is 345 g/mol. The van der Waals surface area contributed by atoms with Gasteiger partial charge in [-0.15, -0.1) is 0 Å². The number of carbonyl (C=O) groups excluding carboxylic acids is 1. The predicted octanol–water partition coefficient (Wildman–Crippen LogP) is 3.77. The van der Waals surface area contributed by atoms with E-state index < -0.39 is 0 Å². The molecule has 25 heavy (non-hydrogen) atoms. The van der Waals surface area contributed by atoms with Crippen LogP contribution in [-0.2, 0) is 14.3 Å². The number of carbonyl (C=O) groups is 1. The lowest BCUT2D eigenvalue weighted by molar-refractivity contribution is -0.160. The molecule has 0 bridgehead atoms. The molecule has 4 heteroatoms. The molecule has 2 rings (SSSR count). The SMILES string of the molecule is CCOC(=O)C1(CCOC)CCN(C/C(C)=C/c2ccccc2)CC1. The predicted molar refractivity (Wildman–Crippen MR) is 101 cm³/mol. The van der Waals surface area contributed by atoms with Crippen molar-refractivity contribution in [1.82, 2.24) is 4.90 Å². The minimum absolute atomic E-state index is 0.0525. The maximum absolute atomic E-state index is 12.5. The normalized spacial score (nSPS) is 18.1. The number of ether oxygens (including phenoxy) is 2. The molecule has 138 valence electrons. The lowest BCUT2D eigenvalue weighted by atomic mass is 9.75. The molecule has 0 aliphatic carbocycles. The summed E-state index contributed by atoms with van der Waals surface area (Å²) in [5.74, 6) is -0.0525. The summed E-state index contributed by atoms with van der Waals surface area (Å²) in [5.41, 5.74) is 2.20. The van der Waals surface area contributed by atoms with Crippen molar-refractivity contribution < 1.29 is 14.3 Å². The van der Waals surface area contributed by atoms with Crippen molar-refractivity contribution in [2.75, 3.05) is 40.0 Å². The van der Waals surface area contributed by atoms with E-state index in [4.69, 9.17) is 9.47 Å². The molecule has 1 aliphatic heterocycles. The quantitative estimate of drug-likeness (QED) is 0.672. The molecular weight excluding hydrogens is 314 g/mol. The van der Waals surface area contributed by atoms with Gasteiger partial charge in [-0.3, -0.25) is 9.69 Å². The third-order valence-corrected chi connectivity index (χ3v) is 4.99. The highest BCUT2D eigenvalue weighted by Crippen LogP contribution is 2.36. The van der Waals surface area contributed by atoms with Gasteiger partial charge in [0, 0.05) is 20.3 Å². The number of rotatable bonds is 8. The van der Waals surface area contributed by atoms with Crippen LogP contribution in [0.4, 0.5) is 0 Å². The van der Waals surface area contributed by atoms with Gasteiger partial charge in [-0.2, -0.15) is 0 Å². The Hall–Kier alpha value is -1.65. The summed E-state index contributed by atoms with van der Waals surface area (Å²) in [6.45, 7) is 7.87. The van der Waals surface area contributed by atoms with Crippen molar-refractivity contribution in [2.45, 2.75) is 33.1 Å². The summed E-state index contributed by atoms with van der Waals surface area (Å²) in [6.07, 6.45) is 4.66. The van der Waals surface area contributed by atoms with Gasteiger partial charge in [0.25, 0.3) is 0 Å². The van der Waals surface area contributed by atoms with Crippen LogP contribution in [0.2, 0.25) is 0 Å². The summed E-state index contributed by atoms with van der Waals surface area (Å²) in [7, 11) is 1.69. The molecule has 0 radical (unpaired) electrons. The first-order valence-electron chi connectivity index (χ1n) is 9.20. The molecule has 1 saturated heterocycles. The molecule has 1 heterocycles. The van der Waals surface area contributed by atoms with E-state index in [0.717, 1.165) is 38.9 Å². The Labute approximate surface area is 151 Å². The first-order chi connectivity index (χ1) is 12.1. The van der Waals surface area contributed by atoms with E-state index in [9.17, 15) is 4.79 Å². The lowest BCUT2D eigenvalue weighted by Crippen LogP contribution is -2.46. The zero-order valence-electron chi connectivity index (χ0n) is 15.8. The summed E-state index contributed by atoms with van der Waals surface area (Å²) in [4.78, 5) is 14.9. The van der Waals surface area contributed by atoms with Gasteiger partial charge in [-0.05, 0) is 51.8 Å². The van der Waals surface area contributed by atoms with E-state index in [-0.39, 0.29) is 11.4 Å².